The quantitative estimate of drug-likeness (QED) is 0.406. The van der Waals surface area contributed by atoms with Gasteiger partial charge < -0.3 is 14.5 Å². The van der Waals surface area contributed by atoms with Gasteiger partial charge >= 0.3 is 0 Å². The molecule has 192 valence electrons. The smallest absolute Gasteiger partial charge is 0.253 e. The van der Waals surface area contributed by atoms with E-state index in [1.54, 1.807) is 23.3 Å². The van der Waals surface area contributed by atoms with E-state index in [0.29, 0.717) is 31.7 Å². The van der Waals surface area contributed by atoms with Gasteiger partial charge in [-0.1, -0.05) is 17.4 Å². The van der Waals surface area contributed by atoms with Crippen LogP contribution >= 0.6 is 11.3 Å². The van der Waals surface area contributed by atoms with Crippen molar-refractivity contribution in [2.45, 2.75) is 17.7 Å². The number of benzene rings is 2. The maximum atomic E-state index is 13.1. The minimum Gasteiger partial charge on any atom is -0.494 e. The number of rotatable bonds is 9. The van der Waals surface area contributed by atoms with Gasteiger partial charge in [-0.3, -0.25) is 4.79 Å². The Bertz CT molecular complexity index is 1430. The largest absolute Gasteiger partial charge is 0.494 e. The van der Waals surface area contributed by atoms with Crippen LogP contribution in [0.3, 0.4) is 0 Å². The predicted molar refractivity (Wildman–Crippen MR) is 140 cm³/mol. The van der Waals surface area contributed by atoms with E-state index in [2.05, 4.69) is 4.90 Å². The molecule has 0 bridgehead atoms. The summed E-state index contributed by atoms with van der Waals surface area (Å²) in [4.78, 5) is 21.8. The van der Waals surface area contributed by atoms with Crippen molar-refractivity contribution in [3.8, 4) is 17.9 Å². The number of sulfonamides is 1. The Morgan fingerprint density at radius 1 is 1.05 bits per heavy atom. The summed E-state index contributed by atoms with van der Waals surface area (Å²) in [6, 6.07) is 15.5. The van der Waals surface area contributed by atoms with E-state index in [4.69, 9.17) is 20.2 Å². The first-order valence-electron chi connectivity index (χ1n) is 11.7. The maximum absolute atomic E-state index is 13.1. The molecule has 1 aliphatic rings. The average Bonchev–Trinajstić information content (AvgIpc) is 3.37. The molecule has 0 saturated carbocycles. The normalized spacial score (nSPS) is 13.9. The van der Waals surface area contributed by atoms with Gasteiger partial charge in [0.25, 0.3) is 5.91 Å². The number of para-hydroxylation sites is 1. The molecule has 1 amide bonds. The number of hydrogen-bond donors (Lipinski definition) is 0. The van der Waals surface area contributed by atoms with E-state index in [1.807, 2.05) is 30.3 Å². The second-order valence-corrected chi connectivity index (χ2v) is 11.3. The van der Waals surface area contributed by atoms with Crippen molar-refractivity contribution in [1.82, 2.24) is 14.2 Å². The molecule has 0 N–H and O–H groups in total. The number of carbonyl (C=O) groups is 1. The molecule has 0 unspecified atom stereocenters. The van der Waals surface area contributed by atoms with E-state index in [0.717, 1.165) is 25.4 Å². The van der Waals surface area contributed by atoms with Gasteiger partial charge in [0.1, 0.15) is 11.3 Å². The van der Waals surface area contributed by atoms with Crippen LogP contribution < -0.4 is 9.64 Å². The Kier molecular flexibility index (Phi) is 8.24. The highest BCUT2D eigenvalue weighted by atomic mass is 32.2. The highest BCUT2D eigenvalue weighted by Gasteiger charge is 2.27. The number of nitrogens with zero attached hydrogens (tertiary/aromatic N) is 6. The van der Waals surface area contributed by atoms with Gasteiger partial charge in [0, 0.05) is 57.7 Å². The molecule has 0 spiro atoms. The van der Waals surface area contributed by atoms with Crippen molar-refractivity contribution < 1.29 is 17.9 Å². The summed E-state index contributed by atoms with van der Waals surface area (Å²) in [5.74, 6) is 0.568. The van der Waals surface area contributed by atoms with Gasteiger partial charge in [-0.25, -0.2) is 13.4 Å². The highest BCUT2D eigenvalue weighted by Crippen LogP contribution is 2.34. The zero-order valence-corrected chi connectivity index (χ0v) is 22.0. The molecule has 12 heteroatoms. The Hall–Kier alpha value is -3.71. The molecule has 37 heavy (non-hydrogen) atoms. The molecule has 0 atom stereocenters. The summed E-state index contributed by atoms with van der Waals surface area (Å²) in [5, 5.41) is 18.6. The van der Waals surface area contributed by atoms with Gasteiger partial charge in [-0.05, 0) is 36.4 Å². The van der Waals surface area contributed by atoms with Crippen molar-refractivity contribution in [1.29, 1.82) is 10.5 Å². The molecule has 3 aromatic rings. The maximum Gasteiger partial charge on any atom is 0.253 e. The van der Waals surface area contributed by atoms with E-state index < -0.39 is 10.0 Å². The second kappa shape index (κ2) is 11.6. The number of carbonyl (C=O) groups excluding carboxylic acids is 1. The fourth-order valence-corrected chi connectivity index (χ4v) is 6.59. The standard InChI is InChI=1S/C25H26N6O4S2/c1-35-21-5-2-6-22-23(21)28-25(36-22)30-17-15-29(16-18-30)24(32)19-7-9-20(10-8-19)37(33,34)31(13-3-11-26)14-4-12-27/h2,5-10H,3-4,13-18H2,1H3. The van der Waals surface area contributed by atoms with Crippen LogP contribution in [0.4, 0.5) is 5.13 Å². The van der Waals surface area contributed by atoms with Crippen LogP contribution in [0.1, 0.15) is 23.2 Å². The number of thiazole rings is 1. The van der Waals surface area contributed by atoms with Crippen LogP contribution in [0, 0.1) is 22.7 Å². The first-order valence-corrected chi connectivity index (χ1v) is 14.0. The number of amides is 1. The summed E-state index contributed by atoms with van der Waals surface area (Å²) < 4.78 is 33.6. The molecule has 1 fully saturated rings. The van der Waals surface area contributed by atoms with E-state index in [-0.39, 0.29) is 36.7 Å². The minimum absolute atomic E-state index is 0.00686. The molecular formula is C25H26N6O4S2. The third-order valence-corrected chi connectivity index (χ3v) is 9.11. The molecule has 2 heterocycles. The third kappa shape index (κ3) is 5.67. The highest BCUT2D eigenvalue weighted by molar-refractivity contribution is 7.89. The van der Waals surface area contributed by atoms with E-state index in [1.165, 1.54) is 24.3 Å². The van der Waals surface area contributed by atoms with Gasteiger partial charge in [0.05, 0.1) is 28.8 Å². The SMILES string of the molecule is COc1cccc2sc(N3CCN(C(=O)c4ccc(S(=O)(=O)N(CCC#N)CCC#N)cc4)CC3)nc12. The van der Waals surface area contributed by atoms with E-state index in [9.17, 15) is 13.2 Å². The third-order valence-electron chi connectivity index (χ3n) is 6.11. The molecule has 1 aliphatic heterocycles. The van der Waals surface area contributed by atoms with Crippen LogP contribution in [-0.2, 0) is 10.0 Å². The topological polar surface area (TPSA) is 131 Å². The number of nitriles is 2. The van der Waals surface area contributed by atoms with Crippen molar-refractivity contribution in [3.05, 3.63) is 48.0 Å². The van der Waals surface area contributed by atoms with Crippen LogP contribution in [0.15, 0.2) is 47.4 Å². The number of aromatic nitrogens is 1. The number of methoxy groups -OCH3 is 1. The molecule has 2 aromatic carbocycles. The van der Waals surface area contributed by atoms with Crippen LogP contribution in [0.5, 0.6) is 5.75 Å². The van der Waals surface area contributed by atoms with E-state index >= 15 is 0 Å². The van der Waals surface area contributed by atoms with Gasteiger partial charge in [0.2, 0.25) is 10.0 Å². The number of fused-ring (bicyclic) bond motifs is 1. The summed E-state index contributed by atoms with van der Waals surface area (Å²) in [6.45, 7) is 2.31. The lowest BCUT2D eigenvalue weighted by Crippen LogP contribution is -2.48. The van der Waals surface area contributed by atoms with Crippen molar-refractivity contribution in [3.63, 3.8) is 0 Å². The Morgan fingerprint density at radius 3 is 2.30 bits per heavy atom. The predicted octanol–water partition coefficient (Wildman–Crippen LogP) is 3.09. The Balaban J connectivity index is 1.41. The summed E-state index contributed by atoms with van der Waals surface area (Å²) >= 11 is 1.59. The monoisotopic (exact) mass is 538 g/mol. The number of ether oxygens (including phenoxy) is 1. The zero-order valence-electron chi connectivity index (χ0n) is 20.3. The first kappa shape index (κ1) is 26.4. The molecule has 4 rings (SSSR count). The second-order valence-electron chi connectivity index (χ2n) is 8.33. The van der Waals surface area contributed by atoms with Gasteiger partial charge in [-0.2, -0.15) is 14.8 Å². The fourth-order valence-electron chi connectivity index (χ4n) is 4.12. The summed E-state index contributed by atoms with van der Waals surface area (Å²) in [5.41, 5.74) is 1.23. The lowest BCUT2D eigenvalue weighted by Gasteiger charge is -2.34. The van der Waals surface area contributed by atoms with Crippen LogP contribution in [-0.4, -0.2) is 74.9 Å². The van der Waals surface area contributed by atoms with Crippen LogP contribution in [0.25, 0.3) is 10.2 Å². The average molecular weight is 539 g/mol. The summed E-state index contributed by atoms with van der Waals surface area (Å²) in [6.07, 6.45) is 0.0511. The number of hydrogen-bond acceptors (Lipinski definition) is 9. The van der Waals surface area contributed by atoms with Crippen molar-refractivity contribution >= 4 is 42.6 Å². The van der Waals surface area contributed by atoms with Gasteiger partial charge in [0.15, 0.2) is 5.13 Å². The number of piperazine rings is 1. The van der Waals surface area contributed by atoms with Crippen molar-refractivity contribution in [2.24, 2.45) is 0 Å². The minimum atomic E-state index is -3.88. The lowest BCUT2D eigenvalue weighted by molar-refractivity contribution is 0.0746. The molecule has 0 aliphatic carbocycles. The molecule has 1 aromatic heterocycles. The molecule has 0 radical (unpaired) electrons. The molecule has 10 nitrogen and oxygen atoms in total. The van der Waals surface area contributed by atoms with Crippen molar-refractivity contribution in [2.75, 3.05) is 51.3 Å². The Labute approximate surface area is 220 Å². The fraction of sp³-hybridized carbons (Fsp3) is 0.360. The number of anilines is 1. The van der Waals surface area contributed by atoms with Gasteiger partial charge in [-0.15, -0.1) is 0 Å². The molecule has 1 saturated heterocycles. The van der Waals surface area contributed by atoms with Crippen LogP contribution in [0.2, 0.25) is 0 Å². The zero-order chi connectivity index (χ0) is 26.4. The Morgan fingerprint density at radius 2 is 1.70 bits per heavy atom. The first-order chi connectivity index (χ1) is 17.9. The summed E-state index contributed by atoms with van der Waals surface area (Å²) in [7, 11) is -2.26. The molecular weight excluding hydrogens is 512 g/mol. The lowest BCUT2D eigenvalue weighted by atomic mass is 10.2.